The minimum absolute atomic E-state index is 0.719. The second kappa shape index (κ2) is 7.09. The maximum absolute atomic E-state index is 12.0. The Morgan fingerprint density at radius 3 is 1.96 bits per heavy atom. The second-order valence-corrected chi connectivity index (χ2v) is 7.03. The highest BCUT2D eigenvalue weighted by atomic mass is 16.5. The van der Waals surface area contributed by atoms with Crippen LogP contribution in [0, 0.1) is 0 Å². The van der Waals surface area contributed by atoms with Crippen LogP contribution in [0.4, 0.5) is 11.4 Å². The fraction of sp³-hybridized carbons (Fsp3) is 0.250. The zero-order chi connectivity index (χ0) is 18.9. The number of rotatable bonds is 5. The van der Waals surface area contributed by atoms with Gasteiger partial charge in [0.2, 0.25) is 0 Å². The summed E-state index contributed by atoms with van der Waals surface area (Å²) in [5.74, 6) is 0.838. The van der Waals surface area contributed by atoms with E-state index >= 15 is 0 Å². The van der Waals surface area contributed by atoms with Gasteiger partial charge >= 0.3 is 0 Å². The van der Waals surface area contributed by atoms with Crippen molar-refractivity contribution in [3.05, 3.63) is 89.5 Å². The van der Waals surface area contributed by atoms with Crippen LogP contribution < -0.4 is 9.64 Å². The van der Waals surface area contributed by atoms with Crippen molar-refractivity contribution in [3.63, 3.8) is 0 Å². The van der Waals surface area contributed by atoms with Crippen molar-refractivity contribution in [1.29, 1.82) is 0 Å². The average Bonchev–Trinajstić information content (AvgIpc) is 2.73. The van der Waals surface area contributed by atoms with E-state index in [0.717, 1.165) is 53.3 Å². The Balaban J connectivity index is 1.81. The van der Waals surface area contributed by atoms with Crippen molar-refractivity contribution in [2.45, 2.75) is 25.4 Å². The van der Waals surface area contributed by atoms with E-state index in [2.05, 4.69) is 24.0 Å². The van der Waals surface area contributed by atoms with Crippen LogP contribution in [-0.4, -0.2) is 18.8 Å². The van der Waals surface area contributed by atoms with Gasteiger partial charge < -0.3 is 14.7 Å². The largest absolute Gasteiger partial charge is 0.494 e. The molecule has 3 aromatic carbocycles. The van der Waals surface area contributed by atoms with E-state index in [1.807, 2.05) is 67.7 Å². The second-order valence-electron chi connectivity index (χ2n) is 7.03. The SMILES string of the molecule is CCCCOc1ccc(C2(O)c3ccccc3N(C)c3ccccc32)cc1. The molecule has 3 heteroatoms. The fourth-order valence-electron chi connectivity index (χ4n) is 3.86. The quantitative estimate of drug-likeness (QED) is 0.633. The van der Waals surface area contributed by atoms with Crippen LogP contribution in [0.1, 0.15) is 36.5 Å². The molecular weight excluding hydrogens is 334 g/mol. The molecule has 0 saturated heterocycles. The number of hydrogen-bond donors (Lipinski definition) is 1. The summed E-state index contributed by atoms with van der Waals surface area (Å²) in [6, 6.07) is 23.9. The highest BCUT2D eigenvalue weighted by molar-refractivity contribution is 5.78. The Bertz CT molecular complexity index is 886. The molecule has 0 bridgehead atoms. The predicted octanol–water partition coefficient (Wildman–Crippen LogP) is 5.23. The van der Waals surface area contributed by atoms with E-state index in [1.54, 1.807) is 0 Å². The van der Waals surface area contributed by atoms with E-state index in [1.165, 1.54) is 0 Å². The number of ether oxygens (including phenoxy) is 1. The van der Waals surface area contributed by atoms with Crippen molar-refractivity contribution >= 4 is 11.4 Å². The zero-order valence-electron chi connectivity index (χ0n) is 15.9. The van der Waals surface area contributed by atoms with Gasteiger partial charge in [0.1, 0.15) is 11.4 Å². The highest BCUT2D eigenvalue weighted by Crippen LogP contribution is 2.50. The number of para-hydroxylation sites is 2. The molecule has 27 heavy (non-hydrogen) atoms. The third-order valence-corrected chi connectivity index (χ3v) is 5.35. The Labute approximate surface area is 160 Å². The molecule has 4 rings (SSSR count). The molecule has 0 saturated carbocycles. The van der Waals surface area contributed by atoms with Crippen LogP contribution >= 0.6 is 0 Å². The van der Waals surface area contributed by atoms with Gasteiger partial charge in [-0.25, -0.2) is 0 Å². The molecule has 0 unspecified atom stereocenters. The Hall–Kier alpha value is -2.78. The number of hydrogen-bond acceptors (Lipinski definition) is 3. The maximum Gasteiger partial charge on any atom is 0.144 e. The number of anilines is 2. The maximum atomic E-state index is 12.0. The third kappa shape index (κ3) is 2.88. The molecule has 0 atom stereocenters. The van der Waals surface area contributed by atoms with Gasteiger partial charge in [-0.1, -0.05) is 61.9 Å². The summed E-state index contributed by atoms with van der Waals surface area (Å²) in [5.41, 5.74) is 3.47. The summed E-state index contributed by atoms with van der Waals surface area (Å²) in [6.45, 7) is 2.87. The van der Waals surface area contributed by atoms with Gasteiger partial charge in [0.15, 0.2) is 0 Å². The Morgan fingerprint density at radius 2 is 1.41 bits per heavy atom. The molecule has 1 heterocycles. The molecule has 0 radical (unpaired) electrons. The lowest BCUT2D eigenvalue weighted by Gasteiger charge is -2.41. The molecule has 3 aromatic rings. The fourth-order valence-corrected chi connectivity index (χ4v) is 3.86. The van der Waals surface area contributed by atoms with Gasteiger partial charge in [0, 0.05) is 29.5 Å². The summed E-state index contributed by atoms with van der Waals surface area (Å²) < 4.78 is 5.79. The average molecular weight is 359 g/mol. The Morgan fingerprint density at radius 1 is 0.852 bits per heavy atom. The molecule has 1 aliphatic rings. The van der Waals surface area contributed by atoms with Crippen molar-refractivity contribution in [3.8, 4) is 5.75 Å². The lowest BCUT2D eigenvalue weighted by molar-refractivity contribution is 0.125. The van der Waals surface area contributed by atoms with Gasteiger partial charge in [-0.05, 0) is 36.2 Å². The van der Waals surface area contributed by atoms with Crippen LogP contribution in [0.3, 0.4) is 0 Å². The van der Waals surface area contributed by atoms with E-state index in [-0.39, 0.29) is 0 Å². The third-order valence-electron chi connectivity index (χ3n) is 5.35. The standard InChI is InChI=1S/C24H25NO2/c1-3-4-17-27-19-15-13-18(14-16-19)24(26)20-9-5-7-11-22(20)25(2)23-12-8-6-10-21(23)24/h5-16,26H,3-4,17H2,1-2H3. The lowest BCUT2D eigenvalue weighted by Crippen LogP contribution is -2.36. The first-order valence-corrected chi connectivity index (χ1v) is 9.54. The highest BCUT2D eigenvalue weighted by Gasteiger charge is 2.42. The van der Waals surface area contributed by atoms with Crippen LogP contribution in [0.15, 0.2) is 72.8 Å². The summed E-state index contributed by atoms with van der Waals surface area (Å²) in [6.07, 6.45) is 2.15. The summed E-state index contributed by atoms with van der Waals surface area (Å²) in [5, 5.41) is 12.0. The molecule has 0 spiro atoms. The molecule has 0 aliphatic carbocycles. The topological polar surface area (TPSA) is 32.7 Å². The van der Waals surface area contributed by atoms with Crippen LogP contribution in [0.25, 0.3) is 0 Å². The minimum Gasteiger partial charge on any atom is -0.494 e. The number of unbranched alkanes of at least 4 members (excludes halogenated alkanes) is 1. The Kier molecular flexibility index (Phi) is 4.63. The van der Waals surface area contributed by atoms with Gasteiger partial charge in [-0.3, -0.25) is 0 Å². The molecule has 138 valence electrons. The molecule has 1 N–H and O–H groups in total. The van der Waals surface area contributed by atoms with Gasteiger partial charge in [0.05, 0.1) is 6.61 Å². The van der Waals surface area contributed by atoms with Gasteiger partial charge in [-0.2, -0.15) is 0 Å². The molecule has 0 fully saturated rings. The van der Waals surface area contributed by atoms with E-state index in [4.69, 9.17) is 4.74 Å². The molecular formula is C24H25NO2. The first kappa shape index (κ1) is 17.6. The monoisotopic (exact) mass is 359 g/mol. The lowest BCUT2D eigenvalue weighted by atomic mass is 9.76. The molecule has 1 aliphatic heterocycles. The summed E-state index contributed by atoms with van der Waals surface area (Å²) in [4.78, 5) is 2.14. The first-order chi connectivity index (χ1) is 13.2. The molecule has 0 aromatic heterocycles. The van der Waals surface area contributed by atoms with E-state index < -0.39 is 5.60 Å². The van der Waals surface area contributed by atoms with Crippen LogP contribution in [0.2, 0.25) is 0 Å². The predicted molar refractivity (Wildman–Crippen MR) is 110 cm³/mol. The van der Waals surface area contributed by atoms with E-state index in [0.29, 0.717) is 0 Å². The number of nitrogens with zero attached hydrogens (tertiary/aromatic N) is 1. The van der Waals surface area contributed by atoms with Gasteiger partial charge in [0.25, 0.3) is 0 Å². The smallest absolute Gasteiger partial charge is 0.144 e. The first-order valence-electron chi connectivity index (χ1n) is 9.54. The van der Waals surface area contributed by atoms with Crippen molar-refractivity contribution < 1.29 is 9.84 Å². The van der Waals surface area contributed by atoms with Gasteiger partial charge in [-0.15, -0.1) is 0 Å². The van der Waals surface area contributed by atoms with Crippen molar-refractivity contribution in [2.24, 2.45) is 0 Å². The van der Waals surface area contributed by atoms with Crippen molar-refractivity contribution in [1.82, 2.24) is 0 Å². The molecule has 0 amide bonds. The zero-order valence-corrected chi connectivity index (χ0v) is 15.9. The number of fused-ring (bicyclic) bond motifs is 2. The minimum atomic E-state index is -1.19. The number of benzene rings is 3. The number of aliphatic hydroxyl groups is 1. The summed E-state index contributed by atoms with van der Waals surface area (Å²) >= 11 is 0. The normalized spacial score (nSPS) is 14.4. The van der Waals surface area contributed by atoms with E-state index in [9.17, 15) is 5.11 Å². The summed E-state index contributed by atoms with van der Waals surface area (Å²) in [7, 11) is 2.04. The van der Waals surface area contributed by atoms with Crippen molar-refractivity contribution in [2.75, 3.05) is 18.6 Å². The van der Waals surface area contributed by atoms with Crippen LogP contribution in [-0.2, 0) is 5.60 Å². The molecule has 3 nitrogen and oxygen atoms in total. The van der Waals surface area contributed by atoms with Crippen LogP contribution in [0.5, 0.6) is 5.75 Å².